The van der Waals surface area contributed by atoms with E-state index in [1.54, 1.807) is 0 Å². The van der Waals surface area contributed by atoms with Crippen LogP contribution in [0.2, 0.25) is 5.28 Å². The number of aromatic nitrogens is 2. The van der Waals surface area contributed by atoms with E-state index in [4.69, 9.17) is 16.3 Å². The lowest BCUT2D eigenvalue weighted by Gasteiger charge is -2.32. The molecule has 0 aliphatic heterocycles. The van der Waals surface area contributed by atoms with Crippen molar-refractivity contribution in [1.82, 2.24) is 14.9 Å². The van der Waals surface area contributed by atoms with Crippen LogP contribution in [-0.4, -0.2) is 41.1 Å². The smallest absolute Gasteiger partial charge is 0.226 e. The van der Waals surface area contributed by atoms with Crippen molar-refractivity contribution in [2.45, 2.75) is 19.4 Å². The molecule has 0 aliphatic rings. The van der Waals surface area contributed by atoms with Gasteiger partial charge in [-0.05, 0) is 51.7 Å². The van der Waals surface area contributed by atoms with E-state index in [1.165, 1.54) is 0 Å². The molecule has 2 rings (SSSR count). The number of hydrogen-bond acceptors (Lipinski definition) is 4. The number of ether oxygens (including phenoxy) is 1. The Hall–Kier alpha value is -1.39. The minimum absolute atomic E-state index is 0.0848. The largest absolute Gasteiger partial charge is 0.475 e. The van der Waals surface area contributed by atoms with E-state index in [1.807, 2.05) is 38.4 Å². The van der Waals surface area contributed by atoms with E-state index >= 15 is 0 Å². The van der Waals surface area contributed by atoms with Gasteiger partial charge in [-0.2, -0.15) is 4.98 Å². The summed E-state index contributed by atoms with van der Waals surface area (Å²) in [5.74, 6) is 0.533. The van der Waals surface area contributed by atoms with Gasteiger partial charge in [-0.15, -0.1) is 0 Å². The summed E-state index contributed by atoms with van der Waals surface area (Å²) in [5, 5.41) is 1.08. The second kappa shape index (κ2) is 5.31. The lowest BCUT2D eigenvalue weighted by atomic mass is 10.1. The van der Waals surface area contributed by atoms with Gasteiger partial charge in [0.2, 0.25) is 11.2 Å². The Morgan fingerprint density at radius 2 is 1.89 bits per heavy atom. The zero-order chi connectivity index (χ0) is 14.0. The molecule has 0 saturated carbocycles. The highest BCUT2D eigenvalue weighted by Gasteiger charge is 2.22. The average molecular weight is 280 g/mol. The maximum Gasteiger partial charge on any atom is 0.226 e. The van der Waals surface area contributed by atoms with E-state index in [-0.39, 0.29) is 10.8 Å². The number of fused-ring (bicyclic) bond motifs is 1. The van der Waals surface area contributed by atoms with Crippen molar-refractivity contribution < 1.29 is 4.74 Å². The van der Waals surface area contributed by atoms with Crippen LogP contribution >= 0.6 is 11.6 Å². The van der Waals surface area contributed by atoms with Crippen molar-refractivity contribution >= 4 is 22.5 Å². The number of rotatable bonds is 4. The predicted octanol–water partition coefficient (Wildman–Crippen LogP) is 3.00. The Morgan fingerprint density at radius 1 is 1.21 bits per heavy atom. The highest BCUT2D eigenvalue weighted by Crippen LogP contribution is 2.25. The maximum atomic E-state index is 5.92. The van der Waals surface area contributed by atoms with Crippen LogP contribution in [0, 0.1) is 0 Å². The molecular formula is C14H18ClN3O. The third-order valence-corrected chi connectivity index (χ3v) is 3.48. The van der Waals surface area contributed by atoms with Crippen LogP contribution in [-0.2, 0) is 0 Å². The quantitative estimate of drug-likeness (QED) is 0.807. The molecule has 0 saturated heterocycles. The number of benzene rings is 1. The van der Waals surface area contributed by atoms with E-state index in [2.05, 4.69) is 28.7 Å². The minimum Gasteiger partial charge on any atom is -0.475 e. The van der Waals surface area contributed by atoms with E-state index in [0.717, 1.165) is 10.9 Å². The summed E-state index contributed by atoms with van der Waals surface area (Å²) in [5.41, 5.74) is 0.707. The fourth-order valence-corrected chi connectivity index (χ4v) is 1.67. The molecule has 0 atom stereocenters. The molecule has 4 nitrogen and oxygen atoms in total. The summed E-state index contributed by atoms with van der Waals surface area (Å²) in [4.78, 5) is 10.5. The van der Waals surface area contributed by atoms with E-state index in [0.29, 0.717) is 12.5 Å². The van der Waals surface area contributed by atoms with Gasteiger partial charge < -0.3 is 9.64 Å². The predicted molar refractivity (Wildman–Crippen MR) is 77.8 cm³/mol. The molecule has 19 heavy (non-hydrogen) atoms. The standard InChI is InChI=1S/C14H18ClN3O/c1-14(2,18(3)4)9-19-12-10-7-5-6-8-11(10)16-13(15)17-12/h5-8H,9H2,1-4H3. The summed E-state index contributed by atoms with van der Waals surface area (Å²) in [7, 11) is 4.04. The van der Waals surface area contributed by atoms with Crippen LogP contribution in [0.5, 0.6) is 5.88 Å². The first-order valence-corrected chi connectivity index (χ1v) is 6.50. The Kier molecular flexibility index (Phi) is 3.92. The van der Waals surface area contributed by atoms with Gasteiger partial charge in [-0.3, -0.25) is 0 Å². The molecule has 0 aliphatic carbocycles. The summed E-state index contributed by atoms with van der Waals surface area (Å²) in [6.07, 6.45) is 0. The summed E-state index contributed by atoms with van der Waals surface area (Å²) in [6, 6.07) is 7.68. The molecule has 5 heteroatoms. The molecule has 0 fully saturated rings. The molecule has 1 aromatic carbocycles. The number of hydrogen-bond donors (Lipinski definition) is 0. The van der Waals surface area contributed by atoms with Crippen molar-refractivity contribution in [2.75, 3.05) is 20.7 Å². The van der Waals surface area contributed by atoms with Gasteiger partial charge in [0.1, 0.15) is 6.61 Å². The third kappa shape index (κ3) is 3.14. The van der Waals surface area contributed by atoms with Gasteiger partial charge in [0.05, 0.1) is 10.9 Å². The van der Waals surface area contributed by atoms with Crippen molar-refractivity contribution in [2.24, 2.45) is 0 Å². The Balaban J connectivity index is 2.30. The first-order valence-electron chi connectivity index (χ1n) is 6.13. The second-order valence-electron chi connectivity index (χ2n) is 5.31. The van der Waals surface area contributed by atoms with Gasteiger partial charge in [0, 0.05) is 5.54 Å². The number of nitrogens with zero attached hydrogens (tertiary/aromatic N) is 3. The lowest BCUT2D eigenvalue weighted by Crippen LogP contribution is -2.43. The van der Waals surface area contributed by atoms with Crippen LogP contribution in [0.25, 0.3) is 10.9 Å². The molecular weight excluding hydrogens is 262 g/mol. The van der Waals surface area contributed by atoms with Gasteiger partial charge >= 0.3 is 0 Å². The second-order valence-corrected chi connectivity index (χ2v) is 5.65. The molecule has 0 radical (unpaired) electrons. The zero-order valence-electron chi connectivity index (χ0n) is 11.6. The van der Waals surface area contributed by atoms with Crippen molar-refractivity contribution in [3.05, 3.63) is 29.5 Å². The van der Waals surface area contributed by atoms with Crippen molar-refractivity contribution in [3.8, 4) is 5.88 Å². The first-order chi connectivity index (χ1) is 8.90. The van der Waals surface area contributed by atoms with Gasteiger partial charge in [-0.1, -0.05) is 12.1 Å². The topological polar surface area (TPSA) is 38.2 Å². The van der Waals surface area contributed by atoms with Gasteiger partial charge in [0.15, 0.2) is 0 Å². The number of likely N-dealkylation sites (N-methyl/N-ethyl adjacent to an activating group) is 1. The number of halogens is 1. The molecule has 0 N–H and O–H groups in total. The van der Waals surface area contributed by atoms with Crippen molar-refractivity contribution in [3.63, 3.8) is 0 Å². The fourth-order valence-electron chi connectivity index (χ4n) is 1.50. The zero-order valence-corrected chi connectivity index (χ0v) is 12.4. The molecule has 0 unspecified atom stereocenters. The maximum absolute atomic E-state index is 5.92. The molecule has 0 bridgehead atoms. The molecule has 102 valence electrons. The Labute approximate surface area is 118 Å². The highest BCUT2D eigenvalue weighted by atomic mass is 35.5. The van der Waals surface area contributed by atoms with E-state index < -0.39 is 0 Å². The van der Waals surface area contributed by atoms with Crippen LogP contribution in [0.4, 0.5) is 0 Å². The Bertz CT molecular complexity index is 584. The fraction of sp³-hybridized carbons (Fsp3) is 0.429. The third-order valence-electron chi connectivity index (χ3n) is 3.31. The van der Waals surface area contributed by atoms with Crippen molar-refractivity contribution in [1.29, 1.82) is 0 Å². The number of para-hydroxylation sites is 1. The van der Waals surface area contributed by atoms with Crippen LogP contribution in [0.3, 0.4) is 0 Å². The van der Waals surface area contributed by atoms with Crippen LogP contribution in [0.15, 0.2) is 24.3 Å². The van der Waals surface area contributed by atoms with Gasteiger partial charge in [-0.25, -0.2) is 4.98 Å². The van der Waals surface area contributed by atoms with E-state index in [9.17, 15) is 0 Å². The molecule has 1 heterocycles. The molecule has 1 aromatic heterocycles. The summed E-state index contributed by atoms with van der Waals surface area (Å²) >= 11 is 5.92. The highest BCUT2D eigenvalue weighted by molar-refractivity contribution is 6.28. The molecule has 0 spiro atoms. The normalized spacial score (nSPS) is 12.1. The van der Waals surface area contributed by atoms with Crippen LogP contribution in [0.1, 0.15) is 13.8 Å². The first kappa shape index (κ1) is 14.0. The average Bonchev–Trinajstić information content (AvgIpc) is 2.35. The summed E-state index contributed by atoms with van der Waals surface area (Å²) in [6.45, 7) is 4.74. The monoisotopic (exact) mass is 279 g/mol. The molecule has 2 aromatic rings. The summed E-state index contributed by atoms with van der Waals surface area (Å²) < 4.78 is 5.85. The van der Waals surface area contributed by atoms with Gasteiger partial charge in [0.25, 0.3) is 0 Å². The Morgan fingerprint density at radius 3 is 2.58 bits per heavy atom. The molecule has 0 amide bonds. The minimum atomic E-state index is -0.0848. The van der Waals surface area contributed by atoms with Crippen LogP contribution < -0.4 is 4.74 Å². The lowest BCUT2D eigenvalue weighted by molar-refractivity contribution is 0.112. The SMILES string of the molecule is CN(C)C(C)(C)COc1nc(Cl)nc2ccccc12.